The van der Waals surface area contributed by atoms with Crippen LogP contribution in [-0.2, 0) is 0 Å². The molecule has 0 saturated carbocycles. The largest absolute Gasteiger partial charge is 0.294 e. The predicted molar refractivity (Wildman–Crippen MR) is 59.7 cm³/mol. The van der Waals surface area contributed by atoms with Crippen molar-refractivity contribution in [1.82, 2.24) is 4.98 Å². The van der Waals surface area contributed by atoms with Gasteiger partial charge in [-0.05, 0) is 24.1 Å². The lowest BCUT2D eigenvalue weighted by Gasteiger charge is -2.05. The highest BCUT2D eigenvalue weighted by molar-refractivity contribution is 6.00. The Morgan fingerprint density at radius 1 is 1.13 bits per heavy atom. The van der Waals surface area contributed by atoms with E-state index in [2.05, 4.69) is 4.98 Å². The molecule has 15 heavy (non-hydrogen) atoms. The van der Waals surface area contributed by atoms with Gasteiger partial charge in [0, 0.05) is 18.0 Å². The van der Waals surface area contributed by atoms with E-state index in [4.69, 9.17) is 0 Å². The van der Waals surface area contributed by atoms with Crippen LogP contribution in [0.1, 0.15) is 17.3 Å². The molecule has 0 saturated heterocycles. The van der Waals surface area contributed by atoms with Crippen LogP contribution in [0.2, 0.25) is 0 Å². The molecule has 2 aromatic rings. The van der Waals surface area contributed by atoms with E-state index in [-0.39, 0.29) is 5.78 Å². The summed E-state index contributed by atoms with van der Waals surface area (Å²) < 4.78 is 0. The van der Waals surface area contributed by atoms with E-state index in [1.165, 1.54) is 0 Å². The predicted octanol–water partition coefficient (Wildman–Crippen LogP) is 2.95. The van der Waals surface area contributed by atoms with Crippen LogP contribution in [0.3, 0.4) is 0 Å². The third-order valence-electron chi connectivity index (χ3n) is 2.29. The van der Waals surface area contributed by atoms with Gasteiger partial charge in [-0.1, -0.05) is 30.3 Å². The number of hydrogen-bond acceptors (Lipinski definition) is 2. The number of carbonyl (C=O) groups excluding carboxylic acids is 1. The van der Waals surface area contributed by atoms with Crippen LogP contribution in [0.5, 0.6) is 0 Å². The zero-order valence-electron chi connectivity index (χ0n) is 8.47. The summed E-state index contributed by atoms with van der Waals surface area (Å²) in [5.41, 5.74) is 2.66. The number of nitrogens with zero attached hydrogens (tertiary/aromatic N) is 1. The van der Waals surface area contributed by atoms with Crippen molar-refractivity contribution in [2.75, 3.05) is 0 Å². The molecule has 0 aliphatic carbocycles. The number of rotatable bonds is 2. The Morgan fingerprint density at radius 3 is 2.53 bits per heavy atom. The Kier molecular flexibility index (Phi) is 2.59. The fourth-order valence-electron chi connectivity index (χ4n) is 1.54. The van der Waals surface area contributed by atoms with Gasteiger partial charge in [-0.3, -0.25) is 9.78 Å². The molecule has 0 unspecified atom stereocenters. The van der Waals surface area contributed by atoms with Gasteiger partial charge in [0.2, 0.25) is 0 Å². The zero-order chi connectivity index (χ0) is 10.7. The monoisotopic (exact) mass is 197 g/mol. The van der Waals surface area contributed by atoms with Gasteiger partial charge in [0.25, 0.3) is 0 Å². The van der Waals surface area contributed by atoms with Crippen molar-refractivity contribution >= 4 is 5.78 Å². The minimum Gasteiger partial charge on any atom is -0.294 e. The molecule has 1 heterocycles. The van der Waals surface area contributed by atoms with E-state index in [9.17, 15) is 4.79 Å². The van der Waals surface area contributed by atoms with Crippen molar-refractivity contribution in [1.29, 1.82) is 0 Å². The highest BCUT2D eigenvalue weighted by atomic mass is 16.1. The van der Waals surface area contributed by atoms with Crippen molar-refractivity contribution in [2.24, 2.45) is 0 Å². The van der Waals surface area contributed by atoms with Gasteiger partial charge in [-0.25, -0.2) is 0 Å². The summed E-state index contributed by atoms with van der Waals surface area (Å²) in [7, 11) is 0. The molecular weight excluding hydrogens is 186 g/mol. The maximum atomic E-state index is 11.4. The standard InChI is InChI=1S/C13H11NO/c1-10(15)13-9-14-8-7-12(13)11-5-3-2-4-6-11/h2-9H,1H3. The molecule has 0 aliphatic rings. The third-order valence-corrected chi connectivity index (χ3v) is 2.29. The van der Waals surface area contributed by atoms with Crippen molar-refractivity contribution < 1.29 is 4.79 Å². The summed E-state index contributed by atoms with van der Waals surface area (Å²) >= 11 is 0. The van der Waals surface area contributed by atoms with Crippen LogP contribution < -0.4 is 0 Å². The number of aromatic nitrogens is 1. The second kappa shape index (κ2) is 4.05. The lowest BCUT2D eigenvalue weighted by atomic mass is 10.00. The average Bonchev–Trinajstić information content (AvgIpc) is 2.30. The minimum atomic E-state index is 0.0435. The third kappa shape index (κ3) is 1.94. The maximum Gasteiger partial charge on any atom is 0.161 e. The van der Waals surface area contributed by atoms with Gasteiger partial charge >= 0.3 is 0 Å². The summed E-state index contributed by atoms with van der Waals surface area (Å²) in [6.07, 6.45) is 3.32. The fraction of sp³-hybridized carbons (Fsp3) is 0.0769. The molecule has 0 atom stereocenters. The minimum absolute atomic E-state index is 0.0435. The van der Waals surface area contributed by atoms with Crippen LogP contribution >= 0.6 is 0 Å². The smallest absolute Gasteiger partial charge is 0.161 e. The van der Waals surface area contributed by atoms with Crippen molar-refractivity contribution in [2.45, 2.75) is 6.92 Å². The first-order valence-electron chi connectivity index (χ1n) is 4.79. The summed E-state index contributed by atoms with van der Waals surface area (Å²) in [5, 5.41) is 0. The van der Waals surface area contributed by atoms with Gasteiger partial charge in [0.1, 0.15) is 0 Å². The van der Waals surface area contributed by atoms with Gasteiger partial charge < -0.3 is 0 Å². The van der Waals surface area contributed by atoms with E-state index in [1.807, 2.05) is 36.4 Å². The van der Waals surface area contributed by atoms with Crippen LogP contribution in [0.4, 0.5) is 0 Å². The van der Waals surface area contributed by atoms with Crippen LogP contribution in [0.15, 0.2) is 48.8 Å². The first-order chi connectivity index (χ1) is 7.29. The van der Waals surface area contributed by atoms with Crippen LogP contribution in [0.25, 0.3) is 11.1 Å². The molecule has 1 aromatic carbocycles. The number of carbonyl (C=O) groups is 1. The second-order valence-corrected chi connectivity index (χ2v) is 3.34. The maximum absolute atomic E-state index is 11.4. The average molecular weight is 197 g/mol. The van der Waals surface area contributed by atoms with Crippen molar-refractivity contribution in [3.05, 3.63) is 54.4 Å². The lowest BCUT2D eigenvalue weighted by molar-refractivity contribution is 0.101. The number of hydrogen-bond donors (Lipinski definition) is 0. The van der Waals surface area contributed by atoms with Gasteiger partial charge in [0.05, 0.1) is 0 Å². The number of pyridine rings is 1. The number of Topliss-reactive ketones (excluding diaryl/α,β-unsaturated/α-hetero) is 1. The van der Waals surface area contributed by atoms with Gasteiger partial charge in [-0.15, -0.1) is 0 Å². The normalized spacial score (nSPS) is 9.93. The summed E-state index contributed by atoms with van der Waals surface area (Å²) in [6, 6.07) is 11.7. The van der Waals surface area contributed by atoms with Crippen molar-refractivity contribution in [3.63, 3.8) is 0 Å². The van der Waals surface area contributed by atoms with E-state index in [0.29, 0.717) is 5.56 Å². The molecule has 2 nitrogen and oxygen atoms in total. The van der Waals surface area contributed by atoms with E-state index >= 15 is 0 Å². The number of benzene rings is 1. The topological polar surface area (TPSA) is 30.0 Å². The first kappa shape index (κ1) is 9.59. The van der Waals surface area contributed by atoms with Gasteiger partial charge in [-0.2, -0.15) is 0 Å². The molecule has 74 valence electrons. The molecular formula is C13H11NO. The quantitative estimate of drug-likeness (QED) is 0.693. The molecule has 0 amide bonds. The van der Waals surface area contributed by atoms with E-state index in [0.717, 1.165) is 11.1 Å². The highest BCUT2D eigenvalue weighted by Gasteiger charge is 2.07. The Morgan fingerprint density at radius 2 is 1.87 bits per heavy atom. The zero-order valence-corrected chi connectivity index (χ0v) is 8.47. The van der Waals surface area contributed by atoms with E-state index < -0.39 is 0 Å². The summed E-state index contributed by atoms with van der Waals surface area (Å²) in [4.78, 5) is 15.4. The lowest BCUT2D eigenvalue weighted by Crippen LogP contribution is -1.96. The highest BCUT2D eigenvalue weighted by Crippen LogP contribution is 2.22. The molecule has 0 spiro atoms. The Bertz CT molecular complexity index is 477. The molecule has 2 rings (SSSR count). The first-order valence-corrected chi connectivity index (χ1v) is 4.79. The fourth-order valence-corrected chi connectivity index (χ4v) is 1.54. The molecule has 0 bridgehead atoms. The number of ketones is 1. The molecule has 0 fully saturated rings. The SMILES string of the molecule is CC(=O)c1cnccc1-c1ccccc1. The van der Waals surface area contributed by atoms with Crippen LogP contribution in [0, 0.1) is 0 Å². The molecule has 2 heteroatoms. The Labute approximate surface area is 88.6 Å². The summed E-state index contributed by atoms with van der Waals surface area (Å²) in [5.74, 6) is 0.0435. The van der Waals surface area contributed by atoms with Crippen LogP contribution in [-0.4, -0.2) is 10.8 Å². The van der Waals surface area contributed by atoms with E-state index in [1.54, 1.807) is 19.3 Å². The summed E-state index contributed by atoms with van der Waals surface area (Å²) in [6.45, 7) is 1.56. The molecule has 0 radical (unpaired) electrons. The second-order valence-electron chi connectivity index (χ2n) is 3.34. The van der Waals surface area contributed by atoms with Crippen molar-refractivity contribution in [3.8, 4) is 11.1 Å². The molecule has 0 aliphatic heterocycles. The molecule has 0 N–H and O–H groups in total. The molecule has 1 aromatic heterocycles. The van der Waals surface area contributed by atoms with Gasteiger partial charge in [0.15, 0.2) is 5.78 Å². The Hall–Kier alpha value is -1.96. The Balaban J connectivity index is 2.58.